The standard InChI is InChI=1S/C18H21F2N/c1-11-7-12(2)18(13(3)8-11)17(21-4)10-14-5-6-15(19)16(20)9-14/h5-9,17,21H,10H2,1-4H3. The second-order valence-corrected chi connectivity index (χ2v) is 5.61. The molecule has 21 heavy (non-hydrogen) atoms. The van der Waals surface area contributed by atoms with Crippen LogP contribution in [0.3, 0.4) is 0 Å². The third-order valence-electron chi connectivity index (χ3n) is 3.86. The second kappa shape index (κ2) is 6.35. The van der Waals surface area contributed by atoms with Gasteiger partial charge in [0.25, 0.3) is 0 Å². The first kappa shape index (κ1) is 15.6. The highest BCUT2D eigenvalue weighted by Gasteiger charge is 2.16. The molecule has 1 atom stereocenters. The lowest BCUT2D eigenvalue weighted by atomic mass is 9.90. The van der Waals surface area contributed by atoms with Crippen molar-refractivity contribution >= 4 is 0 Å². The number of aryl methyl sites for hydroxylation is 3. The molecule has 0 spiro atoms. The van der Waals surface area contributed by atoms with Gasteiger partial charge in [0, 0.05) is 6.04 Å². The van der Waals surface area contributed by atoms with E-state index in [0.29, 0.717) is 6.42 Å². The number of hydrogen-bond acceptors (Lipinski definition) is 1. The van der Waals surface area contributed by atoms with Crippen LogP contribution in [0.1, 0.15) is 33.9 Å². The molecular formula is C18H21F2N. The molecule has 0 aromatic heterocycles. The smallest absolute Gasteiger partial charge is 0.159 e. The van der Waals surface area contributed by atoms with Crippen LogP contribution in [0, 0.1) is 32.4 Å². The molecule has 0 amide bonds. The van der Waals surface area contributed by atoms with E-state index in [1.165, 1.54) is 34.4 Å². The first-order valence-electron chi connectivity index (χ1n) is 7.11. The van der Waals surface area contributed by atoms with E-state index in [-0.39, 0.29) is 6.04 Å². The Labute approximate surface area is 125 Å². The van der Waals surface area contributed by atoms with Crippen molar-refractivity contribution in [3.8, 4) is 0 Å². The van der Waals surface area contributed by atoms with Gasteiger partial charge < -0.3 is 5.32 Å². The molecule has 0 aliphatic carbocycles. The lowest BCUT2D eigenvalue weighted by Crippen LogP contribution is -2.21. The molecule has 0 fully saturated rings. The Morgan fingerprint density at radius 1 is 0.952 bits per heavy atom. The van der Waals surface area contributed by atoms with Crippen LogP contribution < -0.4 is 5.32 Å². The largest absolute Gasteiger partial charge is 0.313 e. The molecule has 2 aromatic carbocycles. The highest BCUT2D eigenvalue weighted by atomic mass is 19.2. The van der Waals surface area contributed by atoms with Gasteiger partial charge in [0.15, 0.2) is 11.6 Å². The number of rotatable bonds is 4. The molecule has 1 unspecified atom stereocenters. The predicted molar refractivity (Wildman–Crippen MR) is 82.5 cm³/mol. The van der Waals surface area contributed by atoms with Gasteiger partial charge in [-0.15, -0.1) is 0 Å². The van der Waals surface area contributed by atoms with Crippen molar-refractivity contribution < 1.29 is 8.78 Å². The Bertz CT molecular complexity index is 627. The zero-order valence-corrected chi connectivity index (χ0v) is 12.9. The average Bonchev–Trinajstić information content (AvgIpc) is 2.40. The molecule has 112 valence electrons. The van der Waals surface area contributed by atoms with E-state index in [4.69, 9.17) is 0 Å². The highest BCUT2D eigenvalue weighted by molar-refractivity contribution is 5.40. The van der Waals surface area contributed by atoms with Crippen LogP contribution >= 0.6 is 0 Å². The van der Waals surface area contributed by atoms with Crippen LogP contribution in [0.15, 0.2) is 30.3 Å². The third-order valence-corrected chi connectivity index (χ3v) is 3.86. The fourth-order valence-electron chi connectivity index (χ4n) is 2.99. The fourth-order valence-corrected chi connectivity index (χ4v) is 2.99. The van der Waals surface area contributed by atoms with Crippen molar-refractivity contribution in [3.63, 3.8) is 0 Å². The van der Waals surface area contributed by atoms with Crippen LogP contribution in [-0.2, 0) is 6.42 Å². The monoisotopic (exact) mass is 289 g/mol. The van der Waals surface area contributed by atoms with Crippen molar-refractivity contribution in [2.45, 2.75) is 33.2 Å². The maximum Gasteiger partial charge on any atom is 0.159 e. The summed E-state index contributed by atoms with van der Waals surface area (Å²) in [5.41, 5.74) is 5.68. The van der Waals surface area contributed by atoms with Gasteiger partial charge >= 0.3 is 0 Å². The molecule has 0 heterocycles. The minimum absolute atomic E-state index is 0.0791. The summed E-state index contributed by atoms with van der Waals surface area (Å²) in [4.78, 5) is 0. The SMILES string of the molecule is CNC(Cc1ccc(F)c(F)c1)c1c(C)cc(C)cc1C. The second-order valence-electron chi connectivity index (χ2n) is 5.61. The zero-order valence-electron chi connectivity index (χ0n) is 12.9. The van der Waals surface area contributed by atoms with E-state index in [1.54, 1.807) is 6.07 Å². The fraction of sp³-hybridized carbons (Fsp3) is 0.333. The van der Waals surface area contributed by atoms with Gasteiger partial charge in [-0.1, -0.05) is 23.8 Å². The summed E-state index contributed by atoms with van der Waals surface area (Å²) in [6.45, 7) is 6.25. The predicted octanol–water partition coefficient (Wildman–Crippen LogP) is 4.39. The zero-order chi connectivity index (χ0) is 15.6. The van der Waals surface area contributed by atoms with Gasteiger partial charge in [0.1, 0.15) is 0 Å². The van der Waals surface area contributed by atoms with Gasteiger partial charge in [0.05, 0.1) is 0 Å². The minimum Gasteiger partial charge on any atom is -0.313 e. The van der Waals surface area contributed by atoms with Crippen LogP contribution in [0.4, 0.5) is 8.78 Å². The lowest BCUT2D eigenvalue weighted by Gasteiger charge is -2.22. The number of likely N-dealkylation sites (N-methyl/N-ethyl adjacent to an activating group) is 1. The van der Waals surface area contributed by atoms with Crippen molar-refractivity contribution in [1.82, 2.24) is 5.32 Å². The van der Waals surface area contributed by atoms with Gasteiger partial charge in [-0.25, -0.2) is 8.78 Å². The van der Waals surface area contributed by atoms with Crippen LogP contribution in [0.5, 0.6) is 0 Å². The van der Waals surface area contributed by atoms with E-state index < -0.39 is 11.6 Å². The van der Waals surface area contributed by atoms with Gasteiger partial charge in [-0.3, -0.25) is 0 Å². The average molecular weight is 289 g/mol. The van der Waals surface area contributed by atoms with Gasteiger partial charge in [0.2, 0.25) is 0 Å². The highest BCUT2D eigenvalue weighted by Crippen LogP contribution is 2.26. The first-order valence-corrected chi connectivity index (χ1v) is 7.11. The molecule has 3 heteroatoms. The summed E-state index contributed by atoms with van der Waals surface area (Å²) in [5.74, 6) is -1.60. The number of nitrogens with one attached hydrogen (secondary N) is 1. The molecule has 0 aliphatic rings. The van der Waals surface area contributed by atoms with Crippen molar-refractivity contribution in [2.75, 3.05) is 7.05 Å². The number of benzene rings is 2. The van der Waals surface area contributed by atoms with E-state index in [1.807, 2.05) is 7.05 Å². The molecule has 2 aromatic rings. The van der Waals surface area contributed by atoms with Crippen LogP contribution in [0.2, 0.25) is 0 Å². The van der Waals surface area contributed by atoms with E-state index in [9.17, 15) is 8.78 Å². The minimum atomic E-state index is -0.803. The van der Waals surface area contributed by atoms with E-state index in [0.717, 1.165) is 5.56 Å². The van der Waals surface area contributed by atoms with Gasteiger partial charge in [-0.2, -0.15) is 0 Å². The lowest BCUT2D eigenvalue weighted by molar-refractivity contribution is 0.504. The first-order chi connectivity index (χ1) is 9.92. The molecule has 1 nitrogen and oxygen atoms in total. The summed E-state index contributed by atoms with van der Waals surface area (Å²) in [5, 5.41) is 3.29. The number of halogens is 2. The third kappa shape index (κ3) is 3.48. The summed E-state index contributed by atoms with van der Waals surface area (Å²) < 4.78 is 26.4. The Kier molecular flexibility index (Phi) is 4.73. The topological polar surface area (TPSA) is 12.0 Å². The normalized spacial score (nSPS) is 12.5. The molecule has 0 saturated carbocycles. The Hall–Kier alpha value is -1.74. The van der Waals surface area contributed by atoms with Crippen molar-refractivity contribution in [2.24, 2.45) is 0 Å². The van der Waals surface area contributed by atoms with Crippen molar-refractivity contribution in [1.29, 1.82) is 0 Å². The van der Waals surface area contributed by atoms with E-state index in [2.05, 4.69) is 38.2 Å². The van der Waals surface area contributed by atoms with Crippen LogP contribution in [-0.4, -0.2) is 7.05 Å². The summed E-state index contributed by atoms with van der Waals surface area (Å²) in [6.07, 6.45) is 0.623. The quantitative estimate of drug-likeness (QED) is 0.880. The molecule has 0 radical (unpaired) electrons. The maximum absolute atomic E-state index is 13.4. The summed E-state index contributed by atoms with van der Waals surface area (Å²) in [6, 6.07) is 8.48. The molecular weight excluding hydrogens is 268 g/mol. The number of hydrogen-bond donors (Lipinski definition) is 1. The van der Waals surface area contributed by atoms with Crippen molar-refractivity contribution in [3.05, 3.63) is 69.8 Å². The van der Waals surface area contributed by atoms with Crippen LogP contribution in [0.25, 0.3) is 0 Å². The molecule has 2 rings (SSSR count). The molecule has 0 saturated heterocycles. The molecule has 0 aliphatic heterocycles. The molecule has 1 N–H and O–H groups in total. The molecule has 0 bridgehead atoms. The summed E-state index contributed by atoms with van der Waals surface area (Å²) >= 11 is 0. The van der Waals surface area contributed by atoms with E-state index >= 15 is 0 Å². The van der Waals surface area contributed by atoms with Gasteiger partial charge in [-0.05, 0) is 68.6 Å². The Morgan fingerprint density at radius 3 is 2.10 bits per heavy atom. The summed E-state index contributed by atoms with van der Waals surface area (Å²) in [7, 11) is 1.89. The maximum atomic E-state index is 13.4. The Balaban J connectivity index is 2.34. The Morgan fingerprint density at radius 2 is 1.57 bits per heavy atom.